The van der Waals surface area contributed by atoms with E-state index in [1.165, 1.54) is 0 Å². The summed E-state index contributed by atoms with van der Waals surface area (Å²) in [5.41, 5.74) is 0. The smallest absolute Gasteiger partial charge is 0.360 e. The first-order valence-corrected chi connectivity index (χ1v) is 4.56. The van der Waals surface area contributed by atoms with Gasteiger partial charge in [-0.3, -0.25) is 4.18 Å². The van der Waals surface area contributed by atoms with Gasteiger partial charge in [-0.05, 0) is 0 Å². The standard InChI is InChI=1S/C7H3F5O3S/c1-14-16(13)15-7-5(11)3(9)2(8)4(10)6(7)12/h1H3. The van der Waals surface area contributed by atoms with E-state index < -0.39 is 46.2 Å². The highest BCUT2D eigenvalue weighted by Gasteiger charge is 2.28. The Labute approximate surface area is 88.6 Å². The molecule has 0 N–H and O–H groups in total. The molecule has 1 atom stereocenters. The molecule has 3 nitrogen and oxygen atoms in total. The van der Waals surface area contributed by atoms with Crippen LogP contribution in [0.4, 0.5) is 22.0 Å². The van der Waals surface area contributed by atoms with E-state index in [1.54, 1.807) is 0 Å². The number of rotatable bonds is 3. The van der Waals surface area contributed by atoms with E-state index in [0.717, 1.165) is 7.11 Å². The van der Waals surface area contributed by atoms with E-state index >= 15 is 0 Å². The Hall–Kier alpha value is -1.22. The number of benzene rings is 1. The Morgan fingerprint density at radius 2 is 1.25 bits per heavy atom. The third kappa shape index (κ3) is 2.14. The molecule has 0 aliphatic heterocycles. The summed E-state index contributed by atoms with van der Waals surface area (Å²) in [7, 11) is 0.849. The van der Waals surface area contributed by atoms with Crippen molar-refractivity contribution in [3.05, 3.63) is 29.1 Å². The SMILES string of the molecule is COS(=O)Oc1c(F)c(F)c(F)c(F)c1F. The highest BCUT2D eigenvalue weighted by molar-refractivity contribution is 7.75. The molecular weight excluding hydrogens is 259 g/mol. The summed E-state index contributed by atoms with van der Waals surface area (Å²) < 4.78 is 81.8. The van der Waals surface area contributed by atoms with Crippen LogP contribution in [0.25, 0.3) is 0 Å². The summed E-state index contributed by atoms with van der Waals surface area (Å²) in [4.78, 5) is 0. The second kappa shape index (κ2) is 4.74. The number of hydrogen-bond donors (Lipinski definition) is 0. The Balaban J connectivity index is 3.34. The highest BCUT2D eigenvalue weighted by Crippen LogP contribution is 2.29. The van der Waals surface area contributed by atoms with Crippen LogP contribution in [-0.4, -0.2) is 11.3 Å². The summed E-state index contributed by atoms with van der Waals surface area (Å²) in [6.07, 6.45) is 0. The number of halogens is 5. The van der Waals surface area contributed by atoms with Crippen LogP contribution in [0.15, 0.2) is 0 Å². The van der Waals surface area contributed by atoms with E-state index in [4.69, 9.17) is 0 Å². The first-order chi connectivity index (χ1) is 7.40. The maximum Gasteiger partial charge on any atom is 0.360 e. The van der Waals surface area contributed by atoms with Gasteiger partial charge >= 0.3 is 11.4 Å². The van der Waals surface area contributed by atoms with Crippen LogP contribution < -0.4 is 4.18 Å². The average Bonchev–Trinajstić information content (AvgIpc) is 2.29. The Morgan fingerprint density at radius 3 is 1.62 bits per heavy atom. The first kappa shape index (κ1) is 12.8. The molecule has 16 heavy (non-hydrogen) atoms. The maximum absolute atomic E-state index is 12.9. The third-order valence-electron chi connectivity index (χ3n) is 1.46. The van der Waals surface area contributed by atoms with Gasteiger partial charge in [0.05, 0.1) is 7.11 Å². The van der Waals surface area contributed by atoms with Gasteiger partial charge in [0.15, 0.2) is 0 Å². The van der Waals surface area contributed by atoms with Crippen molar-refractivity contribution in [1.29, 1.82) is 0 Å². The second-order valence-corrected chi connectivity index (χ2v) is 3.26. The molecule has 0 aliphatic carbocycles. The van der Waals surface area contributed by atoms with Gasteiger partial charge in [0.1, 0.15) is 0 Å². The minimum absolute atomic E-state index is 0.849. The van der Waals surface area contributed by atoms with E-state index in [1.807, 2.05) is 0 Å². The molecule has 0 amide bonds. The fourth-order valence-electron chi connectivity index (χ4n) is 0.760. The predicted octanol–water partition coefficient (Wildman–Crippen LogP) is 1.99. The Bertz CT molecular complexity index is 421. The molecular formula is C7H3F5O3S. The molecule has 0 heterocycles. The molecule has 0 radical (unpaired) electrons. The summed E-state index contributed by atoms with van der Waals surface area (Å²) >= 11 is -2.66. The fourth-order valence-corrected chi connectivity index (χ4v) is 1.11. The van der Waals surface area contributed by atoms with Crippen molar-refractivity contribution in [2.24, 2.45) is 0 Å². The van der Waals surface area contributed by atoms with Crippen LogP contribution in [0.1, 0.15) is 0 Å². The van der Waals surface area contributed by atoms with Crippen molar-refractivity contribution < 1.29 is 34.5 Å². The fraction of sp³-hybridized carbons (Fsp3) is 0.143. The molecule has 1 rings (SSSR count). The molecule has 1 aromatic carbocycles. The quantitative estimate of drug-likeness (QED) is 0.474. The van der Waals surface area contributed by atoms with Gasteiger partial charge in [-0.25, -0.2) is 13.2 Å². The zero-order valence-corrected chi connectivity index (χ0v) is 8.34. The van der Waals surface area contributed by atoms with Gasteiger partial charge in [0.25, 0.3) is 0 Å². The van der Waals surface area contributed by atoms with Crippen molar-refractivity contribution in [1.82, 2.24) is 0 Å². The van der Waals surface area contributed by atoms with Gasteiger partial charge in [-0.1, -0.05) is 0 Å². The van der Waals surface area contributed by atoms with Gasteiger partial charge in [0.2, 0.25) is 34.8 Å². The monoisotopic (exact) mass is 262 g/mol. The summed E-state index contributed by atoms with van der Waals surface area (Å²) in [6.45, 7) is 0. The molecule has 0 spiro atoms. The van der Waals surface area contributed by atoms with Crippen LogP contribution in [0.2, 0.25) is 0 Å². The van der Waals surface area contributed by atoms with Gasteiger partial charge in [-0.15, -0.1) is 0 Å². The van der Waals surface area contributed by atoms with Gasteiger partial charge in [-0.2, -0.15) is 13.0 Å². The second-order valence-electron chi connectivity index (χ2n) is 2.35. The van der Waals surface area contributed by atoms with Crippen LogP contribution >= 0.6 is 0 Å². The van der Waals surface area contributed by atoms with E-state index in [9.17, 15) is 26.2 Å². The van der Waals surface area contributed by atoms with Crippen molar-refractivity contribution in [2.75, 3.05) is 7.11 Å². The molecule has 0 saturated carbocycles. The lowest BCUT2D eigenvalue weighted by Gasteiger charge is -2.07. The lowest BCUT2D eigenvalue weighted by atomic mass is 10.3. The van der Waals surface area contributed by atoms with Crippen LogP contribution in [0, 0.1) is 29.1 Å². The van der Waals surface area contributed by atoms with Crippen LogP contribution in [-0.2, 0) is 15.5 Å². The van der Waals surface area contributed by atoms with Crippen LogP contribution in [0.5, 0.6) is 5.75 Å². The first-order valence-electron chi connectivity index (χ1n) is 3.56. The molecule has 9 heteroatoms. The Morgan fingerprint density at radius 1 is 0.875 bits per heavy atom. The van der Waals surface area contributed by atoms with E-state index in [0.29, 0.717) is 0 Å². The summed E-state index contributed by atoms with van der Waals surface area (Å²) in [6, 6.07) is 0. The normalized spacial score (nSPS) is 12.6. The predicted molar refractivity (Wildman–Crippen MR) is 42.0 cm³/mol. The molecule has 0 bridgehead atoms. The topological polar surface area (TPSA) is 35.5 Å². The van der Waals surface area contributed by atoms with E-state index in [2.05, 4.69) is 8.37 Å². The minimum atomic E-state index is -2.66. The molecule has 1 unspecified atom stereocenters. The van der Waals surface area contributed by atoms with Gasteiger partial charge in [0, 0.05) is 0 Å². The zero-order valence-electron chi connectivity index (χ0n) is 7.52. The lowest BCUT2D eigenvalue weighted by molar-refractivity contribution is 0.331. The zero-order chi connectivity index (χ0) is 12.5. The highest BCUT2D eigenvalue weighted by atomic mass is 32.2. The van der Waals surface area contributed by atoms with Crippen molar-refractivity contribution in [3.63, 3.8) is 0 Å². The third-order valence-corrected chi connectivity index (χ3v) is 2.03. The van der Waals surface area contributed by atoms with Crippen molar-refractivity contribution in [3.8, 4) is 5.75 Å². The van der Waals surface area contributed by atoms with Crippen molar-refractivity contribution in [2.45, 2.75) is 0 Å². The maximum atomic E-state index is 12.9. The molecule has 0 aliphatic rings. The van der Waals surface area contributed by atoms with Crippen molar-refractivity contribution >= 4 is 11.4 Å². The molecule has 1 aromatic rings. The summed E-state index contributed by atoms with van der Waals surface area (Å²) in [5.74, 6) is -12.8. The lowest BCUT2D eigenvalue weighted by Crippen LogP contribution is -2.09. The average molecular weight is 262 g/mol. The van der Waals surface area contributed by atoms with E-state index in [-0.39, 0.29) is 0 Å². The Kier molecular flexibility index (Phi) is 3.81. The summed E-state index contributed by atoms with van der Waals surface area (Å²) in [5, 5.41) is 0. The minimum Gasteiger partial charge on any atom is -0.373 e. The molecule has 0 fully saturated rings. The van der Waals surface area contributed by atoms with Crippen LogP contribution in [0.3, 0.4) is 0 Å². The number of hydrogen-bond acceptors (Lipinski definition) is 3. The largest absolute Gasteiger partial charge is 0.373 e. The van der Waals surface area contributed by atoms with Gasteiger partial charge < -0.3 is 4.18 Å². The molecule has 0 aromatic heterocycles. The molecule has 0 saturated heterocycles. The molecule has 90 valence electrons.